The lowest BCUT2D eigenvalue weighted by Gasteiger charge is -2.21. The van der Waals surface area contributed by atoms with Crippen molar-refractivity contribution in [1.82, 2.24) is 18.7 Å². The molecule has 0 aliphatic rings. The third kappa shape index (κ3) is 4.91. The van der Waals surface area contributed by atoms with Crippen LogP contribution in [-0.4, -0.2) is 31.9 Å². The molecular weight excluding hydrogens is 596 g/mol. The number of halogens is 1. The summed E-state index contributed by atoms with van der Waals surface area (Å²) in [5, 5.41) is 0. The number of benzene rings is 3. The highest BCUT2D eigenvalue weighted by atomic mass is 79.9. The number of methoxy groups -OCH3 is 1. The minimum absolute atomic E-state index is 0.0827. The van der Waals surface area contributed by atoms with E-state index in [2.05, 4.69) is 15.9 Å². The second kappa shape index (κ2) is 11.6. The molecule has 0 spiro atoms. The minimum atomic E-state index is -0.698. The number of rotatable bonds is 8. The third-order valence-electron chi connectivity index (χ3n) is 7.71. The van der Waals surface area contributed by atoms with Crippen molar-refractivity contribution in [2.45, 2.75) is 39.7 Å². The van der Waals surface area contributed by atoms with E-state index < -0.39 is 5.92 Å². The summed E-state index contributed by atoms with van der Waals surface area (Å²) < 4.78 is 19.5. The molecule has 0 aliphatic heterocycles. The molecule has 3 aromatic carbocycles. The van der Waals surface area contributed by atoms with Gasteiger partial charge in [0, 0.05) is 31.4 Å². The van der Waals surface area contributed by atoms with Gasteiger partial charge in [0.2, 0.25) is 0 Å². The summed E-state index contributed by atoms with van der Waals surface area (Å²) in [5.74, 6) is 0.371. The normalized spacial score (nSPS) is 11.5. The summed E-state index contributed by atoms with van der Waals surface area (Å²) in [6.07, 6.45) is -0.0827. The van der Waals surface area contributed by atoms with Gasteiger partial charge in [0.05, 0.1) is 40.2 Å². The quantitative estimate of drug-likeness (QED) is 0.210. The van der Waals surface area contributed by atoms with Crippen molar-refractivity contribution in [3.63, 3.8) is 0 Å². The van der Waals surface area contributed by atoms with Gasteiger partial charge in [-0.05, 0) is 85.6 Å². The van der Waals surface area contributed by atoms with E-state index in [0.29, 0.717) is 27.1 Å². The van der Waals surface area contributed by atoms with E-state index in [0.717, 1.165) is 28.3 Å². The van der Waals surface area contributed by atoms with E-state index in [-0.39, 0.29) is 17.2 Å². The maximum Gasteiger partial charge on any atom is 0.275 e. The molecule has 9 heteroatoms. The molecule has 0 bridgehead atoms. The van der Waals surface area contributed by atoms with Gasteiger partial charge in [-0.2, -0.15) is 0 Å². The van der Waals surface area contributed by atoms with Crippen molar-refractivity contribution in [2.24, 2.45) is 14.1 Å². The van der Waals surface area contributed by atoms with Crippen molar-refractivity contribution in [3.8, 4) is 22.9 Å². The molecule has 0 saturated heterocycles. The van der Waals surface area contributed by atoms with Crippen LogP contribution >= 0.6 is 15.9 Å². The van der Waals surface area contributed by atoms with Gasteiger partial charge in [0.15, 0.2) is 11.5 Å². The van der Waals surface area contributed by atoms with Gasteiger partial charge in [-0.3, -0.25) is 19.0 Å². The number of aromatic nitrogens is 4. The molecule has 0 aliphatic carbocycles. The van der Waals surface area contributed by atoms with Crippen molar-refractivity contribution in [3.05, 3.63) is 126 Å². The van der Waals surface area contributed by atoms with E-state index in [1.54, 1.807) is 16.5 Å². The van der Waals surface area contributed by atoms with Crippen LogP contribution in [0.15, 0.2) is 86.9 Å². The minimum Gasteiger partial charge on any atom is -0.493 e. The first-order valence-corrected chi connectivity index (χ1v) is 14.6. The molecule has 2 heterocycles. The Bertz CT molecular complexity index is 1760. The number of para-hydroxylation sites is 2. The maximum atomic E-state index is 14.4. The van der Waals surface area contributed by atoms with Gasteiger partial charge in [-0.25, -0.2) is 9.36 Å². The highest BCUT2D eigenvalue weighted by Crippen LogP contribution is 2.42. The highest BCUT2D eigenvalue weighted by molar-refractivity contribution is 9.10. The standard InChI is InChI=1S/C33H35BrN4O4/c1-20(2)42-31-26(34)18-23(19-27(31)41-7)30(28-21(3)35(5)37(32(28)39)24-14-10-8-11-15-24)29-22(4)36(6)38(33(29)40)25-16-12-9-13-17-25/h8-20,30H,1-7H3. The first-order chi connectivity index (χ1) is 20.1. The Hall–Kier alpha value is -4.24. The van der Waals surface area contributed by atoms with Gasteiger partial charge < -0.3 is 9.47 Å². The number of hydrogen-bond donors (Lipinski definition) is 0. The van der Waals surface area contributed by atoms with Crippen LogP contribution in [0.5, 0.6) is 11.5 Å². The lowest BCUT2D eigenvalue weighted by atomic mass is 9.85. The van der Waals surface area contributed by atoms with Crippen LogP contribution in [0, 0.1) is 13.8 Å². The zero-order valence-corrected chi connectivity index (χ0v) is 26.5. The molecule has 0 fully saturated rings. The van der Waals surface area contributed by atoms with E-state index in [4.69, 9.17) is 9.47 Å². The molecule has 5 rings (SSSR count). The Morgan fingerprint density at radius 2 is 1.19 bits per heavy atom. The fraction of sp³-hybridized carbons (Fsp3) is 0.273. The summed E-state index contributed by atoms with van der Waals surface area (Å²) >= 11 is 3.69. The maximum absolute atomic E-state index is 14.4. The van der Waals surface area contributed by atoms with E-state index in [1.165, 1.54) is 0 Å². The first kappa shape index (κ1) is 29.3. The molecule has 8 nitrogen and oxygen atoms in total. The zero-order valence-electron chi connectivity index (χ0n) is 24.9. The second-order valence-corrected chi connectivity index (χ2v) is 11.4. The molecule has 0 saturated carbocycles. The zero-order chi connectivity index (χ0) is 30.3. The van der Waals surface area contributed by atoms with Crippen LogP contribution < -0.4 is 20.6 Å². The summed E-state index contributed by atoms with van der Waals surface area (Å²) in [6.45, 7) is 7.72. The largest absolute Gasteiger partial charge is 0.493 e. The Morgan fingerprint density at radius 1 is 0.738 bits per heavy atom. The Balaban J connectivity index is 1.87. The van der Waals surface area contributed by atoms with Gasteiger partial charge >= 0.3 is 0 Å². The predicted octanol–water partition coefficient (Wildman–Crippen LogP) is 6.02. The monoisotopic (exact) mass is 630 g/mol. The van der Waals surface area contributed by atoms with Crippen molar-refractivity contribution < 1.29 is 9.47 Å². The molecule has 0 unspecified atom stereocenters. The summed E-state index contributed by atoms with van der Waals surface area (Å²) in [5.41, 5.74) is 4.34. The molecule has 5 aromatic rings. The summed E-state index contributed by atoms with van der Waals surface area (Å²) in [4.78, 5) is 28.8. The van der Waals surface area contributed by atoms with E-state index in [1.807, 2.05) is 124 Å². The van der Waals surface area contributed by atoms with Crippen molar-refractivity contribution in [2.75, 3.05) is 7.11 Å². The van der Waals surface area contributed by atoms with Crippen LogP contribution in [0.1, 0.15) is 47.8 Å². The average Bonchev–Trinajstić information content (AvgIpc) is 3.33. The summed E-state index contributed by atoms with van der Waals surface area (Å²) in [6, 6.07) is 22.8. The van der Waals surface area contributed by atoms with E-state index >= 15 is 0 Å². The molecule has 42 heavy (non-hydrogen) atoms. The summed E-state index contributed by atoms with van der Waals surface area (Å²) in [7, 11) is 5.31. The Kier molecular flexibility index (Phi) is 8.06. The predicted molar refractivity (Wildman–Crippen MR) is 169 cm³/mol. The van der Waals surface area contributed by atoms with Gasteiger partial charge in [-0.15, -0.1) is 0 Å². The van der Waals surface area contributed by atoms with Crippen LogP contribution in [0.3, 0.4) is 0 Å². The van der Waals surface area contributed by atoms with E-state index in [9.17, 15) is 9.59 Å². The van der Waals surface area contributed by atoms with Crippen LogP contribution in [-0.2, 0) is 14.1 Å². The average molecular weight is 632 g/mol. The highest BCUT2D eigenvalue weighted by Gasteiger charge is 2.34. The smallest absolute Gasteiger partial charge is 0.275 e. The second-order valence-electron chi connectivity index (χ2n) is 10.6. The lowest BCUT2D eigenvalue weighted by molar-refractivity contribution is 0.228. The Morgan fingerprint density at radius 3 is 1.60 bits per heavy atom. The SMILES string of the molecule is COc1cc(C(c2c(C)n(C)n(-c3ccccc3)c2=O)c2c(C)n(C)n(-c3ccccc3)c2=O)cc(Br)c1OC(C)C. The molecular formula is C33H35BrN4O4. The molecule has 0 N–H and O–H groups in total. The van der Waals surface area contributed by atoms with Crippen LogP contribution in [0.2, 0.25) is 0 Å². The molecule has 0 amide bonds. The van der Waals surface area contributed by atoms with Gasteiger partial charge in [0.25, 0.3) is 11.1 Å². The molecule has 0 atom stereocenters. The fourth-order valence-electron chi connectivity index (χ4n) is 5.58. The van der Waals surface area contributed by atoms with Crippen molar-refractivity contribution >= 4 is 15.9 Å². The third-order valence-corrected chi connectivity index (χ3v) is 8.30. The number of ether oxygens (including phenoxy) is 2. The topological polar surface area (TPSA) is 72.3 Å². The van der Waals surface area contributed by atoms with Gasteiger partial charge in [-0.1, -0.05) is 36.4 Å². The van der Waals surface area contributed by atoms with Gasteiger partial charge in [0.1, 0.15) is 0 Å². The van der Waals surface area contributed by atoms with Crippen molar-refractivity contribution in [1.29, 1.82) is 0 Å². The first-order valence-electron chi connectivity index (χ1n) is 13.8. The lowest BCUT2D eigenvalue weighted by Crippen LogP contribution is -2.26. The molecule has 0 radical (unpaired) electrons. The number of hydrogen-bond acceptors (Lipinski definition) is 4. The van der Waals surface area contributed by atoms with Crippen LogP contribution in [0.4, 0.5) is 0 Å². The Labute approximate surface area is 253 Å². The fourth-order valence-corrected chi connectivity index (χ4v) is 6.13. The van der Waals surface area contributed by atoms with Crippen LogP contribution in [0.25, 0.3) is 11.4 Å². The number of nitrogens with zero attached hydrogens (tertiary/aromatic N) is 4. The molecule has 218 valence electrons. The molecule has 2 aromatic heterocycles.